The molecule has 4 bridgehead atoms. The molecule has 0 radical (unpaired) electrons. The molecule has 4 saturated carbocycles. The first kappa shape index (κ1) is 8.63. The average molecular weight is 194 g/mol. The molecule has 4 fully saturated rings. The van der Waals surface area contributed by atoms with Gasteiger partial charge in [0.25, 0.3) is 0 Å². The van der Waals surface area contributed by atoms with Gasteiger partial charge < -0.3 is 0 Å². The predicted molar refractivity (Wildman–Crippen MR) is 51.5 cm³/mol. The lowest BCUT2D eigenvalue weighted by Gasteiger charge is -2.54. The molecule has 0 spiro atoms. The Morgan fingerprint density at radius 3 is 2.36 bits per heavy atom. The van der Waals surface area contributed by atoms with Crippen LogP contribution in [0.2, 0.25) is 0 Å². The molecule has 4 rings (SSSR count). The van der Waals surface area contributed by atoms with E-state index in [4.69, 9.17) is 0 Å². The minimum atomic E-state index is -0.878. The van der Waals surface area contributed by atoms with E-state index in [0.717, 1.165) is 25.5 Å². The largest absolute Gasteiger partial charge is 0.299 e. The average Bonchev–Trinajstić information content (AvgIpc) is 2.08. The topological polar surface area (TPSA) is 17.1 Å². The van der Waals surface area contributed by atoms with Crippen LogP contribution < -0.4 is 0 Å². The van der Waals surface area contributed by atoms with E-state index in [1.807, 2.05) is 0 Å². The third-order valence-electron chi connectivity index (χ3n) is 4.32. The highest BCUT2D eigenvalue weighted by Gasteiger charge is 2.53. The number of carbonyl (C=O) groups is 1. The number of alkyl halides is 1. The first-order valence-electron chi connectivity index (χ1n) is 5.54. The van der Waals surface area contributed by atoms with Crippen LogP contribution in [0.1, 0.15) is 32.1 Å². The van der Waals surface area contributed by atoms with E-state index in [-0.39, 0.29) is 0 Å². The van der Waals surface area contributed by atoms with Crippen LogP contribution in [0.5, 0.6) is 0 Å². The zero-order valence-corrected chi connectivity index (χ0v) is 8.21. The fourth-order valence-electron chi connectivity index (χ4n) is 4.08. The molecule has 0 aromatic heterocycles. The van der Waals surface area contributed by atoms with Crippen molar-refractivity contribution in [3.63, 3.8) is 0 Å². The van der Waals surface area contributed by atoms with E-state index in [1.165, 1.54) is 5.57 Å². The Labute approximate surface area is 83.4 Å². The number of hydrogen-bond donors (Lipinski definition) is 0. The zero-order chi connectivity index (χ0) is 9.76. The van der Waals surface area contributed by atoms with E-state index >= 15 is 0 Å². The molecule has 2 heteroatoms. The molecule has 0 heterocycles. The third kappa shape index (κ3) is 1.09. The van der Waals surface area contributed by atoms with E-state index in [0.29, 0.717) is 30.6 Å². The summed E-state index contributed by atoms with van der Waals surface area (Å²) in [7, 11) is 0. The van der Waals surface area contributed by atoms with E-state index in [1.54, 1.807) is 6.08 Å². The Morgan fingerprint density at radius 2 is 1.86 bits per heavy atom. The molecule has 4 aliphatic carbocycles. The summed E-state index contributed by atoms with van der Waals surface area (Å²) in [6, 6.07) is 0. The summed E-state index contributed by atoms with van der Waals surface area (Å²) in [5.74, 6) is 1.37. The highest BCUT2D eigenvalue weighted by Crippen LogP contribution is 2.59. The maximum absolute atomic E-state index is 14.2. The summed E-state index contributed by atoms with van der Waals surface area (Å²) >= 11 is 0. The molecular weight excluding hydrogens is 179 g/mol. The minimum Gasteiger partial charge on any atom is -0.299 e. The maximum atomic E-state index is 14.2. The second-order valence-corrected chi connectivity index (χ2v) is 5.30. The number of carbonyl (C=O) groups excluding carboxylic acids is 1. The summed E-state index contributed by atoms with van der Waals surface area (Å²) in [6.45, 7) is 0. The molecule has 0 saturated heterocycles. The normalized spacial score (nSPS) is 52.6. The molecule has 14 heavy (non-hydrogen) atoms. The Morgan fingerprint density at radius 1 is 1.21 bits per heavy atom. The van der Waals surface area contributed by atoms with Gasteiger partial charge in [0.2, 0.25) is 0 Å². The summed E-state index contributed by atoms with van der Waals surface area (Å²) in [6.07, 6.45) is 6.98. The highest BCUT2D eigenvalue weighted by molar-refractivity contribution is 5.66. The lowest BCUT2D eigenvalue weighted by atomic mass is 9.53. The van der Waals surface area contributed by atoms with Crippen LogP contribution in [-0.4, -0.2) is 12.0 Å². The second kappa shape index (κ2) is 2.68. The van der Waals surface area contributed by atoms with Gasteiger partial charge in [-0.15, -0.1) is 0 Å². The summed E-state index contributed by atoms with van der Waals surface area (Å²) in [5, 5.41) is 0. The van der Waals surface area contributed by atoms with Crippen molar-refractivity contribution in [3.8, 4) is 0 Å². The smallest absolute Gasteiger partial charge is 0.142 e. The van der Waals surface area contributed by atoms with Crippen LogP contribution in [0.4, 0.5) is 4.39 Å². The SMILES string of the molecule is O=CC=C1[C@@H]2CC3C[C@H]1CC(F)(C3)C2. The van der Waals surface area contributed by atoms with Gasteiger partial charge in [-0.25, -0.2) is 4.39 Å². The molecular formula is C12H15FO. The van der Waals surface area contributed by atoms with Crippen LogP contribution in [-0.2, 0) is 4.79 Å². The van der Waals surface area contributed by atoms with Gasteiger partial charge in [-0.2, -0.15) is 0 Å². The minimum absolute atomic E-state index is 0.386. The summed E-state index contributed by atoms with van der Waals surface area (Å²) in [4.78, 5) is 10.5. The van der Waals surface area contributed by atoms with Gasteiger partial charge in [-0.05, 0) is 55.9 Å². The molecule has 2 unspecified atom stereocenters. The number of rotatable bonds is 1. The number of allylic oxidation sites excluding steroid dienone is 2. The molecule has 0 N–H and O–H groups in total. The van der Waals surface area contributed by atoms with Crippen LogP contribution in [0.15, 0.2) is 11.6 Å². The molecule has 4 aliphatic rings. The standard InChI is InChI=1S/C12H15FO/c13-12-5-8-3-9(6-12)11(1-2-14)10(4-8)7-12/h1-2,8-10H,3-7H2/t8?,9-,10+,12?. The van der Waals surface area contributed by atoms with Crippen molar-refractivity contribution in [2.45, 2.75) is 37.8 Å². The van der Waals surface area contributed by atoms with Crippen molar-refractivity contribution >= 4 is 6.29 Å². The Kier molecular flexibility index (Phi) is 1.65. The van der Waals surface area contributed by atoms with Crippen molar-refractivity contribution in [1.29, 1.82) is 0 Å². The van der Waals surface area contributed by atoms with Crippen molar-refractivity contribution in [2.75, 3.05) is 0 Å². The second-order valence-electron chi connectivity index (χ2n) is 5.30. The lowest BCUT2D eigenvalue weighted by Crippen LogP contribution is -2.49. The van der Waals surface area contributed by atoms with Crippen LogP contribution in [0, 0.1) is 17.8 Å². The Bertz CT molecular complexity index is 289. The van der Waals surface area contributed by atoms with Crippen molar-refractivity contribution in [2.24, 2.45) is 17.8 Å². The van der Waals surface area contributed by atoms with Gasteiger partial charge in [-0.3, -0.25) is 4.79 Å². The van der Waals surface area contributed by atoms with Gasteiger partial charge >= 0.3 is 0 Å². The molecule has 76 valence electrons. The van der Waals surface area contributed by atoms with Crippen LogP contribution >= 0.6 is 0 Å². The fourth-order valence-corrected chi connectivity index (χ4v) is 4.08. The zero-order valence-electron chi connectivity index (χ0n) is 8.21. The van der Waals surface area contributed by atoms with Gasteiger partial charge in [0.05, 0.1) is 0 Å². The number of halogens is 1. The molecule has 0 amide bonds. The summed E-state index contributed by atoms with van der Waals surface area (Å²) in [5.41, 5.74) is 0.376. The highest BCUT2D eigenvalue weighted by atomic mass is 19.1. The third-order valence-corrected chi connectivity index (χ3v) is 4.32. The van der Waals surface area contributed by atoms with Gasteiger partial charge in [0, 0.05) is 0 Å². The monoisotopic (exact) mass is 194 g/mol. The van der Waals surface area contributed by atoms with Gasteiger partial charge in [0.15, 0.2) is 0 Å². The summed E-state index contributed by atoms with van der Waals surface area (Å²) < 4.78 is 14.2. The van der Waals surface area contributed by atoms with Crippen molar-refractivity contribution < 1.29 is 9.18 Å². The first-order chi connectivity index (χ1) is 6.70. The van der Waals surface area contributed by atoms with Gasteiger partial charge in [0.1, 0.15) is 12.0 Å². The molecule has 0 aromatic carbocycles. The van der Waals surface area contributed by atoms with Crippen molar-refractivity contribution in [1.82, 2.24) is 0 Å². The molecule has 0 aromatic rings. The number of hydrogen-bond acceptors (Lipinski definition) is 1. The van der Waals surface area contributed by atoms with E-state index in [2.05, 4.69) is 0 Å². The van der Waals surface area contributed by atoms with Gasteiger partial charge in [-0.1, -0.05) is 5.57 Å². The number of aldehydes is 1. The molecule has 4 atom stereocenters. The van der Waals surface area contributed by atoms with E-state index in [9.17, 15) is 9.18 Å². The first-order valence-corrected chi connectivity index (χ1v) is 5.54. The lowest BCUT2D eigenvalue weighted by molar-refractivity contribution is -0.104. The Balaban J connectivity index is 1.96. The maximum Gasteiger partial charge on any atom is 0.142 e. The van der Waals surface area contributed by atoms with Crippen molar-refractivity contribution in [3.05, 3.63) is 11.6 Å². The molecule has 0 aliphatic heterocycles. The van der Waals surface area contributed by atoms with Crippen LogP contribution in [0.3, 0.4) is 0 Å². The fraction of sp³-hybridized carbons (Fsp3) is 0.750. The molecule has 1 nitrogen and oxygen atoms in total. The van der Waals surface area contributed by atoms with E-state index < -0.39 is 5.67 Å². The Hall–Kier alpha value is -0.660. The quantitative estimate of drug-likeness (QED) is 0.463. The predicted octanol–water partition coefficient (Wildman–Crippen LogP) is 2.66. The van der Waals surface area contributed by atoms with Crippen LogP contribution in [0.25, 0.3) is 0 Å².